The van der Waals surface area contributed by atoms with E-state index in [1.165, 1.54) is 30.8 Å². The first kappa shape index (κ1) is 32.4. The molecule has 47 heavy (non-hydrogen) atoms. The van der Waals surface area contributed by atoms with Crippen molar-refractivity contribution in [3.8, 4) is 22.5 Å². The van der Waals surface area contributed by atoms with E-state index in [1.54, 1.807) is 17.5 Å². The summed E-state index contributed by atoms with van der Waals surface area (Å²) in [7, 11) is 0. The molecule has 7 rings (SSSR count). The van der Waals surface area contributed by atoms with Gasteiger partial charge in [0.1, 0.15) is 0 Å². The van der Waals surface area contributed by atoms with E-state index in [0.29, 0.717) is 0 Å². The Kier molecular flexibility index (Phi) is 10.0. The fourth-order valence-corrected chi connectivity index (χ4v) is 11.0. The number of hydrogen-bond donors (Lipinski definition) is 0. The van der Waals surface area contributed by atoms with Crippen molar-refractivity contribution in [3.05, 3.63) is 126 Å². The summed E-state index contributed by atoms with van der Waals surface area (Å²) in [5.41, 5.74) is 7.30. The van der Waals surface area contributed by atoms with Crippen molar-refractivity contribution >= 4 is 59.9 Å². The van der Waals surface area contributed by atoms with Crippen molar-refractivity contribution in [1.29, 1.82) is 0 Å². The summed E-state index contributed by atoms with van der Waals surface area (Å²) in [4.78, 5) is 9.21. The largest absolute Gasteiger partial charge is 0.305 e. The van der Waals surface area contributed by atoms with Crippen molar-refractivity contribution in [2.45, 2.75) is 63.7 Å². The van der Waals surface area contributed by atoms with Crippen LogP contribution in [0.25, 0.3) is 53.5 Å². The minimum absolute atomic E-state index is 0. The number of nitrogens with zero attached hydrogens (tertiary/aromatic N) is 2. The Morgan fingerprint density at radius 1 is 0.723 bits per heavy atom. The van der Waals surface area contributed by atoms with Crippen LogP contribution in [0.2, 0.25) is 17.3 Å². The Morgan fingerprint density at radius 2 is 1.47 bits per heavy atom. The van der Waals surface area contributed by atoms with Crippen molar-refractivity contribution in [2.24, 2.45) is 0 Å². The number of benzene rings is 4. The molecule has 5 heteroatoms. The molecule has 4 aromatic carbocycles. The van der Waals surface area contributed by atoms with Gasteiger partial charge < -0.3 is 4.98 Å². The minimum atomic E-state index is -1.77. The fraction of sp³-hybridized carbons (Fsp3) is 0.238. The quantitative estimate of drug-likeness (QED) is 0.127. The van der Waals surface area contributed by atoms with E-state index in [9.17, 15) is 0 Å². The Bertz CT molecular complexity index is 2260. The molecule has 0 aliphatic carbocycles. The first-order valence-corrected chi connectivity index (χ1v) is 24.0. The topological polar surface area (TPSA) is 25.8 Å². The number of fused-ring (bicyclic) bond motifs is 5. The molecule has 0 atom stereocenters. The Hall–Kier alpha value is -3.15. The molecule has 0 aliphatic rings. The molecule has 0 fully saturated rings. The Morgan fingerprint density at radius 3 is 2.15 bits per heavy atom. The van der Waals surface area contributed by atoms with E-state index in [-0.39, 0.29) is 20.1 Å². The molecule has 0 spiro atoms. The van der Waals surface area contributed by atoms with Gasteiger partial charge in [-0.2, -0.15) is 11.3 Å². The number of rotatable bonds is 5. The monoisotopic (exact) mass is 875 g/mol. The zero-order valence-corrected chi connectivity index (χ0v) is 33.7. The average Bonchev–Trinajstić information content (AvgIpc) is 3.43. The van der Waals surface area contributed by atoms with Crippen molar-refractivity contribution in [3.63, 3.8) is 0 Å². The van der Waals surface area contributed by atoms with Crippen molar-refractivity contribution < 1.29 is 22.8 Å². The molecule has 0 bridgehead atoms. The molecule has 0 saturated heterocycles. The van der Waals surface area contributed by atoms with Crippen LogP contribution in [0, 0.1) is 19.1 Å². The second kappa shape index (κ2) is 14.5. The van der Waals surface area contributed by atoms with Crippen molar-refractivity contribution in [1.82, 2.24) is 9.97 Å². The van der Waals surface area contributed by atoms with E-state index in [1.807, 2.05) is 64.1 Å². The molecule has 0 unspecified atom stereocenters. The molecular weight excluding hydrogens is 829 g/mol. The van der Waals surface area contributed by atoms with Gasteiger partial charge in [-0.05, 0) is 50.0 Å². The zero-order chi connectivity index (χ0) is 34.4. The third-order valence-electron chi connectivity index (χ3n) is 8.49. The first-order chi connectivity index (χ1) is 22.6. The summed E-state index contributed by atoms with van der Waals surface area (Å²) in [5.74, 6) is 5.87. The number of pyridine rings is 2. The summed E-state index contributed by atoms with van der Waals surface area (Å²) in [6, 6.07) is 35.5. The maximum atomic E-state index is 8.56. The maximum absolute atomic E-state index is 8.56. The van der Waals surface area contributed by atoms with Gasteiger partial charge in [0.15, 0.2) is 0 Å². The normalized spacial score (nSPS) is 12.7. The molecular formula is C42H42GeIrN2S-2. The van der Waals surface area contributed by atoms with E-state index in [4.69, 9.17) is 2.74 Å². The van der Waals surface area contributed by atoms with Gasteiger partial charge in [-0.1, -0.05) is 75.0 Å². The summed E-state index contributed by atoms with van der Waals surface area (Å²) in [6.45, 7) is 9.87. The van der Waals surface area contributed by atoms with Crippen LogP contribution in [0.5, 0.6) is 0 Å². The average molecular weight is 874 g/mol. The predicted octanol–water partition coefficient (Wildman–Crippen LogP) is 11.7. The van der Waals surface area contributed by atoms with Crippen LogP contribution in [0.4, 0.5) is 0 Å². The van der Waals surface area contributed by atoms with Gasteiger partial charge in [0.2, 0.25) is 0 Å². The SMILES string of the molecule is Cc1cc(-c2[c-]cccc2)nc[c]1[Ge]([CH3])([CH3])[CH3].[2H]C(C)(C)c1ccnc(-c2[c-]ccc3c2sc2c4cccc(C([2H])(C)C)c4ccc32)c1.[Ir]. The third kappa shape index (κ3) is 7.32. The molecule has 2 nitrogen and oxygen atoms in total. The summed E-state index contributed by atoms with van der Waals surface area (Å²) < 4.78 is 20.8. The molecule has 1 radical (unpaired) electrons. The predicted molar refractivity (Wildman–Crippen MR) is 203 cm³/mol. The number of hydrogen-bond acceptors (Lipinski definition) is 3. The summed E-state index contributed by atoms with van der Waals surface area (Å²) >= 11 is -0.00666. The van der Waals surface area contributed by atoms with E-state index >= 15 is 0 Å². The van der Waals surface area contributed by atoms with Gasteiger partial charge in [0, 0.05) is 33.7 Å². The summed E-state index contributed by atoms with van der Waals surface area (Å²) in [5, 5.41) is 4.75. The number of thiophene rings is 1. The molecule has 0 aliphatic heterocycles. The van der Waals surface area contributed by atoms with Crippen LogP contribution in [0.1, 0.15) is 58.9 Å². The molecule has 7 aromatic rings. The second-order valence-electron chi connectivity index (χ2n) is 13.4. The van der Waals surface area contributed by atoms with E-state index in [0.717, 1.165) is 43.7 Å². The Labute approximate surface area is 303 Å². The van der Waals surface area contributed by atoms with Gasteiger partial charge in [0.25, 0.3) is 0 Å². The van der Waals surface area contributed by atoms with E-state index < -0.39 is 25.1 Å². The standard InChI is InChI=1S/C27H24NS.C15H18GeN.Ir/c1-16(2)18-13-14-28-25(15-18)24-10-6-9-22-23-12-11-20-19(17(3)4)7-5-8-21(20)26(23)29-27(22)24;1-12-10-15(13-8-6-5-7-9-13)17-11-14(12)16(2,3)4;/h5-9,11-17H,1-4H3;5-8,10-11H,1-4H3;/q2*-1;/i16D,17D;;. The second-order valence-corrected chi connectivity index (χ2v) is 25.0. The molecule has 0 amide bonds. The van der Waals surface area contributed by atoms with Gasteiger partial charge in [0.05, 0.1) is 0 Å². The van der Waals surface area contributed by atoms with E-state index in [2.05, 4.69) is 101 Å². The molecule has 3 heterocycles. The van der Waals surface area contributed by atoms with Crippen LogP contribution < -0.4 is 4.40 Å². The van der Waals surface area contributed by atoms with Crippen LogP contribution in [0.15, 0.2) is 97.3 Å². The Balaban J connectivity index is 0.000000221. The van der Waals surface area contributed by atoms with Gasteiger partial charge in [-0.25, -0.2) is 0 Å². The number of aromatic nitrogens is 2. The zero-order valence-electron chi connectivity index (χ0n) is 30.4. The maximum Gasteiger partial charge on any atom is 0.0347 e. The third-order valence-corrected chi connectivity index (χ3v) is 14.3. The van der Waals surface area contributed by atoms with Crippen LogP contribution in [-0.4, -0.2) is 23.2 Å². The van der Waals surface area contributed by atoms with Gasteiger partial charge in [-0.3, -0.25) is 0 Å². The fourth-order valence-electron chi connectivity index (χ4n) is 6.10. The number of aryl methyl sites for hydroxylation is 1. The molecule has 0 saturated carbocycles. The first-order valence-electron chi connectivity index (χ1n) is 16.8. The summed E-state index contributed by atoms with van der Waals surface area (Å²) in [6.07, 6.45) is 3.87. The van der Waals surface area contributed by atoms with Gasteiger partial charge >= 0.3 is 106 Å². The van der Waals surface area contributed by atoms with Crippen molar-refractivity contribution in [2.75, 3.05) is 0 Å². The smallest absolute Gasteiger partial charge is 0.0347 e. The van der Waals surface area contributed by atoms with Gasteiger partial charge in [-0.15, -0.1) is 23.8 Å². The van der Waals surface area contributed by atoms with Crippen LogP contribution in [-0.2, 0) is 20.1 Å². The molecule has 0 N–H and O–H groups in total. The van der Waals surface area contributed by atoms with Crippen LogP contribution in [0.3, 0.4) is 0 Å². The van der Waals surface area contributed by atoms with Crippen LogP contribution >= 0.6 is 11.3 Å². The molecule has 3 aromatic heterocycles. The minimum Gasteiger partial charge on any atom is -0.305 e. The molecule has 241 valence electrons.